The third-order valence-corrected chi connectivity index (χ3v) is 6.61. The summed E-state index contributed by atoms with van der Waals surface area (Å²) in [7, 11) is 0. The molecule has 0 saturated carbocycles. The monoisotopic (exact) mass is 666 g/mol. The molecule has 0 amide bonds. The van der Waals surface area contributed by atoms with Gasteiger partial charge >= 0.3 is 20.1 Å². The molecule has 1 aliphatic rings. The maximum absolute atomic E-state index is 5.93. The topological polar surface area (TPSA) is 13.1 Å². The molecule has 0 bridgehead atoms. The molecule has 0 saturated heterocycles. The smallest absolute Gasteiger partial charge is 0.500 e. The van der Waals surface area contributed by atoms with Crippen LogP contribution in [0, 0.1) is 24.1 Å². The van der Waals surface area contributed by atoms with Gasteiger partial charge in [0, 0.05) is 5.39 Å². The fraction of sp³-hybridized carbons (Fsp3) is 0.0833. The fourth-order valence-corrected chi connectivity index (χ4v) is 4.81. The normalized spacial score (nSPS) is 11.9. The Morgan fingerprint density at radius 3 is 1.92 bits per heavy atom. The zero-order chi connectivity index (χ0) is 25.2. The largest absolute Gasteiger partial charge is 3.00 e. The fourth-order valence-electron chi connectivity index (χ4n) is 4.81. The molecule has 0 radical (unpaired) electrons. The minimum atomic E-state index is 0. The predicted octanol–water partition coefficient (Wildman–Crippen LogP) is 9.42. The number of rotatable bonds is 3. The molecule has 1 aromatic heterocycles. The van der Waals surface area contributed by atoms with Crippen LogP contribution in [0.2, 0.25) is 0 Å². The number of hydrogen-bond acceptors (Lipinski definition) is 1. The molecule has 1 nitrogen and oxygen atoms in total. The summed E-state index contributed by atoms with van der Waals surface area (Å²) < 4.78 is 5.93. The minimum Gasteiger partial charge on any atom is -0.500 e. The van der Waals surface area contributed by atoms with Crippen LogP contribution in [-0.4, -0.2) is 0 Å². The van der Waals surface area contributed by atoms with Crippen LogP contribution in [0.25, 0.3) is 44.2 Å². The average Bonchev–Trinajstić information content (AvgIpc) is 3.53. The Morgan fingerprint density at radius 1 is 0.632 bits per heavy atom. The molecule has 38 heavy (non-hydrogen) atoms. The molecule has 0 fully saturated rings. The Bertz CT molecular complexity index is 1730. The summed E-state index contributed by atoms with van der Waals surface area (Å²) in [5.41, 5.74) is 13.6. The Labute approximate surface area is 237 Å². The van der Waals surface area contributed by atoms with Gasteiger partial charge in [0.2, 0.25) is 0 Å². The Morgan fingerprint density at radius 2 is 1.26 bits per heavy atom. The molecule has 0 unspecified atom stereocenters. The van der Waals surface area contributed by atoms with Gasteiger partial charge in [-0.15, -0.1) is 35.9 Å². The van der Waals surface area contributed by atoms with Crippen molar-refractivity contribution in [3.8, 4) is 11.1 Å². The molecule has 0 aliphatic heterocycles. The second-order valence-electron chi connectivity index (χ2n) is 9.39. The van der Waals surface area contributed by atoms with Gasteiger partial charge in [-0.25, -0.2) is 11.1 Å². The van der Waals surface area contributed by atoms with Crippen LogP contribution in [0.1, 0.15) is 30.5 Å². The third-order valence-electron chi connectivity index (χ3n) is 6.61. The Kier molecular flexibility index (Phi) is 7.59. The van der Waals surface area contributed by atoms with E-state index in [1.807, 2.05) is 66.7 Å². The Balaban J connectivity index is 0.000000191. The van der Waals surface area contributed by atoms with E-state index < -0.39 is 0 Å². The van der Waals surface area contributed by atoms with Gasteiger partial charge in [-0.05, 0) is 34.3 Å². The van der Waals surface area contributed by atoms with Crippen LogP contribution < -0.4 is 0 Å². The molecule has 1 aliphatic carbocycles. The van der Waals surface area contributed by atoms with E-state index in [1.54, 1.807) is 0 Å². The molecule has 0 N–H and O–H groups in total. The average molecular weight is 666 g/mol. The van der Waals surface area contributed by atoms with Gasteiger partial charge in [-0.3, -0.25) is 0 Å². The van der Waals surface area contributed by atoms with Gasteiger partial charge in [0.15, 0.2) is 0 Å². The van der Waals surface area contributed by atoms with Crippen molar-refractivity contribution in [1.29, 1.82) is 0 Å². The first-order chi connectivity index (χ1) is 18.2. The van der Waals surface area contributed by atoms with Crippen molar-refractivity contribution in [2.75, 3.05) is 0 Å². The van der Waals surface area contributed by atoms with Crippen LogP contribution in [-0.2, 0) is 20.1 Å². The molecular weight excluding hydrogens is 641 g/mol. The van der Waals surface area contributed by atoms with E-state index in [9.17, 15) is 0 Å². The van der Waals surface area contributed by atoms with Crippen LogP contribution in [0.5, 0.6) is 0 Å². The van der Waals surface area contributed by atoms with Gasteiger partial charge in [-0.1, -0.05) is 61.7 Å². The summed E-state index contributed by atoms with van der Waals surface area (Å²) in [5, 5.41) is 2.28. The van der Waals surface area contributed by atoms with Crippen molar-refractivity contribution < 1.29 is 24.5 Å². The van der Waals surface area contributed by atoms with Crippen molar-refractivity contribution in [2.24, 2.45) is 5.92 Å². The summed E-state index contributed by atoms with van der Waals surface area (Å²) in [6, 6.07) is 46.4. The van der Waals surface area contributed by atoms with Crippen LogP contribution in [0.3, 0.4) is 0 Å². The summed E-state index contributed by atoms with van der Waals surface area (Å²) in [6.45, 7) is 4.44. The number of allylic oxidation sites excluding steroid dienone is 1. The zero-order valence-electron chi connectivity index (χ0n) is 21.2. The zero-order valence-corrected chi connectivity index (χ0v) is 23.6. The number of fused-ring (bicyclic) bond motifs is 4. The van der Waals surface area contributed by atoms with E-state index in [0.29, 0.717) is 5.92 Å². The van der Waals surface area contributed by atoms with Crippen molar-refractivity contribution in [3.63, 3.8) is 0 Å². The number of hydrogen-bond donors (Lipinski definition) is 0. The van der Waals surface area contributed by atoms with E-state index in [0.717, 1.165) is 44.2 Å². The molecule has 0 atom stereocenters. The summed E-state index contributed by atoms with van der Waals surface area (Å²) >= 11 is 0. The first-order valence-electron chi connectivity index (χ1n) is 12.6. The molecule has 6 aromatic rings. The van der Waals surface area contributed by atoms with E-state index in [2.05, 4.69) is 80.2 Å². The van der Waals surface area contributed by atoms with Gasteiger partial charge in [0.1, 0.15) is 5.58 Å². The molecule has 0 spiro atoms. The third kappa shape index (κ3) is 4.95. The second kappa shape index (κ2) is 11.2. The molecule has 2 heteroatoms. The number of furan rings is 1. The quantitative estimate of drug-likeness (QED) is 0.136. The van der Waals surface area contributed by atoms with Crippen molar-refractivity contribution >= 4 is 33.1 Å². The maximum Gasteiger partial charge on any atom is 3.00 e. The van der Waals surface area contributed by atoms with Gasteiger partial charge in [-0.2, -0.15) is 54.3 Å². The van der Waals surface area contributed by atoms with Gasteiger partial charge in [0.25, 0.3) is 0 Å². The van der Waals surface area contributed by atoms with Crippen molar-refractivity contribution in [2.45, 2.75) is 13.8 Å². The molecular formula is C36H25IrO. The standard InChI is InChI=1S/C24H17O.C12H8.Ir/c1-15(2)20-14-21(18-8-4-3-7-17(18)20)16-11-12-24-22(13-16)19-9-5-6-10-23(19)25-24;1-3-7-11(8-4-1)12-9-5-2-6-10-12;/h3-10,12-13,15H,1-2H3;1-7,9H;/q-1;-2;+3. The van der Waals surface area contributed by atoms with Gasteiger partial charge in [0.05, 0.1) is 5.58 Å². The summed E-state index contributed by atoms with van der Waals surface area (Å²) in [4.78, 5) is 0. The van der Waals surface area contributed by atoms with E-state index in [1.165, 1.54) is 16.7 Å². The molecule has 5 aromatic carbocycles. The molecule has 1 heterocycles. The predicted molar refractivity (Wildman–Crippen MR) is 153 cm³/mol. The van der Waals surface area contributed by atoms with E-state index >= 15 is 0 Å². The first-order valence-corrected chi connectivity index (χ1v) is 12.6. The second-order valence-corrected chi connectivity index (χ2v) is 9.39. The summed E-state index contributed by atoms with van der Waals surface area (Å²) in [6.07, 6.45) is 0. The van der Waals surface area contributed by atoms with Crippen LogP contribution in [0.15, 0.2) is 119 Å². The van der Waals surface area contributed by atoms with Crippen molar-refractivity contribution in [1.82, 2.24) is 0 Å². The summed E-state index contributed by atoms with van der Waals surface area (Å²) in [5.74, 6) is 0.442. The van der Waals surface area contributed by atoms with E-state index in [-0.39, 0.29) is 20.1 Å². The molecule has 7 rings (SSSR count). The van der Waals surface area contributed by atoms with Crippen molar-refractivity contribution in [3.05, 3.63) is 150 Å². The van der Waals surface area contributed by atoms with Gasteiger partial charge < -0.3 is 4.42 Å². The van der Waals surface area contributed by atoms with E-state index in [4.69, 9.17) is 4.42 Å². The van der Waals surface area contributed by atoms with Crippen LogP contribution >= 0.6 is 0 Å². The molecule has 184 valence electrons. The minimum absolute atomic E-state index is 0. The SMILES string of the molecule is CC(C)C1=C=C(c2[c-]cc3oc4ccccc4c3c2)c2ccccc21.[Ir+3].[c-]1ccccc1-c1[c-]cccc1. The van der Waals surface area contributed by atoms with Crippen LogP contribution in [0.4, 0.5) is 0 Å². The first kappa shape index (κ1) is 25.7. The maximum atomic E-state index is 5.93. The number of benzene rings is 5. The Hall–Kier alpha value is -3.93. The number of para-hydroxylation sites is 1.